The van der Waals surface area contributed by atoms with E-state index in [9.17, 15) is 0 Å². The second-order valence-electron chi connectivity index (χ2n) is 3.75. The molecule has 80 valence electrons. The van der Waals surface area contributed by atoms with Crippen molar-refractivity contribution in [2.24, 2.45) is 0 Å². The quantitative estimate of drug-likeness (QED) is 0.598. The van der Waals surface area contributed by atoms with Crippen molar-refractivity contribution < 1.29 is 19.5 Å². The van der Waals surface area contributed by atoms with Gasteiger partial charge in [-0.25, -0.2) is 0 Å². The molecule has 1 fully saturated rings. The van der Waals surface area contributed by atoms with E-state index < -0.39 is 0 Å². The van der Waals surface area contributed by atoms with E-state index in [4.69, 9.17) is 0 Å². The van der Waals surface area contributed by atoms with Crippen LogP contribution in [0.15, 0.2) is 24.3 Å². The number of hydrogen-bond donors (Lipinski definition) is 0. The SMILES string of the molecule is Br.[Zn].[c-]1ccc(CN2CCCCC2)cc1. The van der Waals surface area contributed by atoms with E-state index in [1.165, 1.54) is 37.9 Å². The summed E-state index contributed by atoms with van der Waals surface area (Å²) >= 11 is 0. The predicted molar refractivity (Wildman–Crippen MR) is 64.7 cm³/mol. The van der Waals surface area contributed by atoms with E-state index in [0.717, 1.165) is 6.54 Å². The average Bonchev–Trinajstić information content (AvgIpc) is 2.21. The first-order chi connectivity index (χ1) is 6.45. The molecular formula is C12H17BrNZn-. The fraction of sp³-hybridized carbons (Fsp3) is 0.500. The predicted octanol–water partition coefficient (Wildman–Crippen LogP) is 3.05. The summed E-state index contributed by atoms with van der Waals surface area (Å²) in [5.41, 5.74) is 1.42. The van der Waals surface area contributed by atoms with Crippen molar-refractivity contribution in [2.75, 3.05) is 13.1 Å². The molecule has 1 aromatic rings. The molecule has 0 unspecified atom stereocenters. The number of halogens is 1. The van der Waals surface area contributed by atoms with Crippen LogP contribution >= 0.6 is 17.0 Å². The molecule has 1 nitrogen and oxygen atoms in total. The third kappa shape index (κ3) is 5.24. The number of benzene rings is 1. The molecule has 0 aromatic heterocycles. The molecule has 0 bridgehead atoms. The third-order valence-corrected chi connectivity index (χ3v) is 2.64. The Balaban J connectivity index is 0.000000980. The Bertz CT molecular complexity index is 247. The van der Waals surface area contributed by atoms with Crippen molar-refractivity contribution >= 4 is 17.0 Å². The van der Waals surface area contributed by atoms with Gasteiger partial charge in [0.2, 0.25) is 0 Å². The zero-order chi connectivity index (χ0) is 8.93. The van der Waals surface area contributed by atoms with Crippen molar-refractivity contribution in [1.82, 2.24) is 4.90 Å². The van der Waals surface area contributed by atoms with Crippen molar-refractivity contribution in [1.29, 1.82) is 0 Å². The van der Waals surface area contributed by atoms with Gasteiger partial charge in [-0.1, -0.05) is 6.42 Å². The number of rotatable bonds is 2. The fourth-order valence-corrected chi connectivity index (χ4v) is 1.90. The maximum Gasteiger partial charge on any atom is 0.00112 e. The first kappa shape index (κ1) is 15.3. The maximum absolute atomic E-state index is 3.05. The summed E-state index contributed by atoms with van der Waals surface area (Å²) in [5, 5.41) is 0. The van der Waals surface area contributed by atoms with Crippen molar-refractivity contribution in [3.63, 3.8) is 0 Å². The largest absolute Gasteiger partial charge is 0.301 e. The Morgan fingerprint density at radius 2 is 1.67 bits per heavy atom. The monoisotopic (exact) mass is 318 g/mol. The second kappa shape index (κ2) is 8.44. The van der Waals surface area contributed by atoms with Crippen LogP contribution in [0, 0.1) is 6.07 Å². The van der Waals surface area contributed by atoms with Gasteiger partial charge in [0.15, 0.2) is 0 Å². The summed E-state index contributed by atoms with van der Waals surface area (Å²) in [4.78, 5) is 2.54. The molecule has 0 atom stereocenters. The summed E-state index contributed by atoms with van der Waals surface area (Å²) in [6.07, 6.45) is 4.16. The summed E-state index contributed by atoms with van der Waals surface area (Å²) in [7, 11) is 0. The fourth-order valence-electron chi connectivity index (χ4n) is 1.90. The van der Waals surface area contributed by atoms with Crippen LogP contribution in [0.2, 0.25) is 0 Å². The first-order valence-electron chi connectivity index (χ1n) is 5.12. The molecule has 15 heavy (non-hydrogen) atoms. The van der Waals surface area contributed by atoms with E-state index in [1.54, 1.807) is 0 Å². The topological polar surface area (TPSA) is 3.24 Å². The van der Waals surface area contributed by atoms with Gasteiger partial charge in [-0.05, 0) is 25.9 Å². The van der Waals surface area contributed by atoms with Gasteiger partial charge in [0.25, 0.3) is 0 Å². The molecule has 0 radical (unpaired) electrons. The minimum atomic E-state index is 0. The Labute approximate surface area is 116 Å². The van der Waals surface area contributed by atoms with Gasteiger partial charge in [-0.2, -0.15) is 30.3 Å². The zero-order valence-electron chi connectivity index (χ0n) is 9.11. The van der Waals surface area contributed by atoms with Gasteiger partial charge < -0.3 is 4.90 Å². The Kier molecular flexibility index (Phi) is 8.60. The summed E-state index contributed by atoms with van der Waals surface area (Å²) < 4.78 is 0. The van der Waals surface area contributed by atoms with E-state index in [2.05, 4.69) is 23.1 Å². The van der Waals surface area contributed by atoms with E-state index in [0.29, 0.717) is 0 Å². The van der Waals surface area contributed by atoms with Crippen LogP contribution in [-0.4, -0.2) is 18.0 Å². The van der Waals surface area contributed by atoms with E-state index in [1.807, 2.05) is 12.1 Å². The van der Waals surface area contributed by atoms with Crippen molar-refractivity contribution in [3.8, 4) is 0 Å². The van der Waals surface area contributed by atoms with Crippen LogP contribution in [-0.2, 0) is 26.0 Å². The van der Waals surface area contributed by atoms with Gasteiger partial charge in [0, 0.05) is 26.0 Å². The van der Waals surface area contributed by atoms with E-state index >= 15 is 0 Å². The molecule has 0 N–H and O–H groups in total. The third-order valence-electron chi connectivity index (χ3n) is 2.64. The molecular weight excluding hydrogens is 303 g/mol. The van der Waals surface area contributed by atoms with Crippen molar-refractivity contribution in [2.45, 2.75) is 25.8 Å². The van der Waals surface area contributed by atoms with Gasteiger partial charge in [0.1, 0.15) is 0 Å². The summed E-state index contributed by atoms with van der Waals surface area (Å²) in [5.74, 6) is 0. The van der Waals surface area contributed by atoms with Gasteiger partial charge in [-0.15, -0.1) is 22.5 Å². The normalized spacial score (nSPS) is 16.3. The maximum atomic E-state index is 3.05. The minimum Gasteiger partial charge on any atom is -0.301 e. The van der Waals surface area contributed by atoms with Crippen LogP contribution in [0.25, 0.3) is 0 Å². The molecule has 0 spiro atoms. The van der Waals surface area contributed by atoms with Crippen molar-refractivity contribution in [3.05, 3.63) is 35.9 Å². The standard InChI is InChI=1S/C12H16N.BrH.Zn/c1-3-7-12(8-4-1)11-13-9-5-2-6-10-13;;/h3-4,7-8H,2,5-6,9-11H2;1H;/q-1;;. The summed E-state index contributed by atoms with van der Waals surface area (Å²) in [6, 6.07) is 11.4. The van der Waals surface area contributed by atoms with Crippen LogP contribution in [0.5, 0.6) is 0 Å². The summed E-state index contributed by atoms with van der Waals surface area (Å²) in [6.45, 7) is 3.67. The van der Waals surface area contributed by atoms with Crippen LogP contribution < -0.4 is 0 Å². The van der Waals surface area contributed by atoms with Gasteiger partial charge >= 0.3 is 0 Å². The van der Waals surface area contributed by atoms with E-state index in [-0.39, 0.29) is 36.5 Å². The average molecular weight is 321 g/mol. The molecule has 3 heteroatoms. The Morgan fingerprint density at radius 1 is 1.07 bits per heavy atom. The molecule has 1 saturated heterocycles. The molecule has 2 rings (SSSR count). The molecule has 0 saturated carbocycles. The molecule has 0 aliphatic carbocycles. The smallest absolute Gasteiger partial charge is 0.00112 e. The molecule has 1 aromatic carbocycles. The number of piperidine rings is 1. The first-order valence-corrected chi connectivity index (χ1v) is 5.12. The molecule has 1 aliphatic rings. The van der Waals surface area contributed by atoms with Gasteiger partial charge in [0.05, 0.1) is 0 Å². The van der Waals surface area contributed by atoms with Crippen LogP contribution in [0.4, 0.5) is 0 Å². The Morgan fingerprint density at radius 3 is 2.27 bits per heavy atom. The van der Waals surface area contributed by atoms with Crippen LogP contribution in [0.1, 0.15) is 24.8 Å². The minimum absolute atomic E-state index is 0. The number of hydrogen-bond acceptors (Lipinski definition) is 1. The number of likely N-dealkylation sites (tertiary alicyclic amines) is 1. The zero-order valence-corrected chi connectivity index (χ0v) is 13.8. The molecule has 1 aliphatic heterocycles. The van der Waals surface area contributed by atoms with Gasteiger partial charge in [-0.3, -0.25) is 0 Å². The molecule has 1 heterocycles. The molecule has 0 amide bonds. The second-order valence-corrected chi connectivity index (χ2v) is 3.75. The van der Waals surface area contributed by atoms with Crippen LogP contribution in [0.3, 0.4) is 0 Å². The number of nitrogens with zero attached hydrogens (tertiary/aromatic N) is 1. The Hall–Kier alpha value is 0.283.